The Morgan fingerprint density at radius 1 is 1.30 bits per heavy atom. The van der Waals surface area contributed by atoms with E-state index >= 15 is 0 Å². The summed E-state index contributed by atoms with van der Waals surface area (Å²) in [5.41, 5.74) is 1.35. The Balaban J connectivity index is 2.24. The van der Waals surface area contributed by atoms with Gasteiger partial charge in [-0.1, -0.05) is 6.92 Å². The highest BCUT2D eigenvalue weighted by Crippen LogP contribution is 2.33. The summed E-state index contributed by atoms with van der Waals surface area (Å²) < 4.78 is 13.4. The topological polar surface area (TPSA) is 37.4 Å². The fourth-order valence-corrected chi connectivity index (χ4v) is 2.87. The highest BCUT2D eigenvalue weighted by Gasteiger charge is 2.37. The van der Waals surface area contributed by atoms with E-state index in [2.05, 4.69) is 6.92 Å². The normalized spacial score (nSPS) is 15.7. The number of ketones is 1. The zero-order chi connectivity index (χ0) is 14.9. The number of fused-ring (bicyclic) bond motifs is 1. The Morgan fingerprint density at radius 3 is 2.65 bits per heavy atom. The SMILES string of the molecule is Cc1cc(F)cc2c1N(CCC(C)CCCl)C(=O)C2=O. The molecular formula is C15H17ClFNO2. The van der Waals surface area contributed by atoms with Crippen molar-refractivity contribution in [1.29, 1.82) is 0 Å². The molecule has 0 bridgehead atoms. The number of amides is 1. The Bertz CT molecular complexity index is 559. The van der Waals surface area contributed by atoms with Gasteiger partial charge in [-0.25, -0.2) is 4.39 Å². The van der Waals surface area contributed by atoms with Gasteiger partial charge in [0.1, 0.15) is 5.82 Å². The summed E-state index contributed by atoms with van der Waals surface area (Å²) in [5, 5.41) is 0. The second-order valence-corrected chi connectivity index (χ2v) is 5.65. The van der Waals surface area contributed by atoms with E-state index in [0.29, 0.717) is 29.6 Å². The summed E-state index contributed by atoms with van der Waals surface area (Å²) in [5.74, 6) is -0.714. The number of carbonyl (C=O) groups is 2. The van der Waals surface area contributed by atoms with E-state index < -0.39 is 17.5 Å². The van der Waals surface area contributed by atoms with Crippen LogP contribution in [0.4, 0.5) is 10.1 Å². The average Bonchev–Trinajstić information content (AvgIpc) is 2.61. The number of hydrogen-bond donors (Lipinski definition) is 0. The first-order valence-corrected chi connectivity index (χ1v) is 7.21. The van der Waals surface area contributed by atoms with Crippen LogP contribution in [0.2, 0.25) is 0 Å². The molecule has 0 aliphatic carbocycles. The summed E-state index contributed by atoms with van der Waals surface area (Å²) in [4.78, 5) is 25.4. The van der Waals surface area contributed by atoms with Crippen LogP contribution >= 0.6 is 11.6 Å². The van der Waals surface area contributed by atoms with E-state index in [4.69, 9.17) is 11.6 Å². The maximum absolute atomic E-state index is 13.4. The maximum Gasteiger partial charge on any atom is 0.299 e. The van der Waals surface area contributed by atoms with E-state index in [1.807, 2.05) is 0 Å². The molecule has 108 valence electrons. The number of hydrogen-bond acceptors (Lipinski definition) is 2. The summed E-state index contributed by atoms with van der Waals surface area (Å²) in [7, 11) is 0. The van der Waals surface area contributed by atoms with Gasteiger partial charge in [-0.05, 0) is 43.4 Å². The molecule has 0 saturated heterocycles. The Hall–Kier alpha value is -1.42. The fourth-order valence-electron chi connectivity index (χ4n) is 2.50. The van der Waals surface area contributed by atoms with Crippen molar-refractivity contribution in [3.63, 3.8) is 0 Å². The molecule has 3 nitrogen and oxygen atoms in total. The molecular weight excluding hydrogens is 281 g/mol. The quantitative estimate of drug-likeness (QED) is 0.617. The molecule has 0 spiro atoms. The molecule has 5 heteroatoms. The van der Waals surface area contributed by atoms with Gasteiger partial charge in [-0.2, -0.15) is 0 Å². The maximum atomic E-state index is 13.4. The lowest BCUT2D eigenvalue weighted by Gasteiger charge is -2.20. The number of benzene rings is 1. The minimum absolute atomic E-state index is 0.178. The molecule has 1 aromatic rings. The van der Waals surface area contributed by atoms with Crippen LogP contribution in [0, 0.1) is 18.7 Å². The van der Waals surface area contributed by atoms with Crippen molar-refractivity contribution < 1.29 is 14.0 Å². The van der Waals surface area contributed by atoms with Crippen molar-refractivity contribution in [2.75, 3.05) is 17.3 Å². The largest absolute Gasteiger partial charge is 0.304 e. The average molecular weight is 298 g/mol. The van der Waals surface area contributed by atoms with E-state index in [1.165, 1.54) is 11.0 Å². The molecule has 0 aromatic heterocycles. The first kappa shape index (κ1) is 15.0. The van der Waals surface area contributed by atoms with Gasteiger partial charge in [0.2, 0.25) is 0 Å². The van der Waals surface area contributed by atoms with Crippen molar-refractivity contribution in [2.24, 2.45) is 5.92 Å². The molecule has 20 heavy (non-hydrogen) atoms. The van der Waals surface area contributed by atoms with Crippen molar-refractivity contribution in [1.82, 2.24) is 0 Å². The van der Waals surface area contributed by atoms with Crippen molar-refractivity contribution in [3.8, 4) is 0 Å². The molecule has 0 N–H and O–H groups in total. The Morgan fingerprint density at radius 2 is 2.00 bits per heavy atom. The van der Waals surface area contributed by atoms with Gasteiger partial charge in [0.05, 0.1) is 11.3 Å². The van der Waals surface area contributed by atoms with Gasteiger partial charge < -0.3 is 4.90 Å². The summed E-state index contributed by atoms with van der Waals surface area (Å²) >= 11 is 5.69. The van der Waals surface area contributed by atoms with Crippen LogP contribution in [-0.4, -0.2) is 24.1 Å². The standard InChI is InChI=1S/C15H17ClFNO2/c1-9(3-5-16)4-6-18-13-10(2)7-11(17)8-12(13)14(19)15(18)20/h7-9H,3-6H2,1-2H3. The second kappa shape index (κ2) is 5.92. The first-order chi connectivity index (χ1) is 9.45. The van der Waals surface area contributed by atoms with E-state index in [0.717, 1.165) is 18.9 Å². The van der Waals surface area contributed by atoms with Gasteiger partial charge in [-0.3, -0.25) is 9.59 Å². The van der Waals surface area contributed by atoms with Crippen LogP contribution in [-0.2, 0) is 4.79 Å². The number of carbonyl (C=O) groups excluding carboxylic acids is 2. The molecule has 2 rings (SSSR count). The predicted octanol–water partition coefficient (Wildman–Crippen LogP) is 3.32. The molecule has 0 saturated carbocycles. The number of halogens is 2. The predicted molar refractivity (Wildman–Crippen MR) is 76.9 cm³/mol. The zero-order valence-electron chi connectivity index (χ0n) is 11.6. The number of rotatable bonds is 5. The van der Waals surface area contributed by atoms with Crippen molar-refractivity contribution in [2.45, 2.75) is 26.7 Å². The van der Waals surface area contributed by atoms with Crippen LogP contribution < -0.4 is 4.90 Å². The summed E-state index contributed by atoms with van der Waals surface area (Å²) in [6, 6.07) is 2.49. The molecule has 1 heterocycles. The molecule has 1 aliphatic heterocycles. The highest BCUT2D eigenvalue weighted by atomic mass is 35.5. The molecule has 0 fully saturated rings. The van der Waals surface area contributed by atoms with Crippen LogP contribution in [0.5, 0.6) is 0 Å². The number of nitrogens with zero attached hydrogens (tertiary/aromatic N) is 1. The third-order valence-electron chi connectivity index (χ3n) is 3.67. The Labute approximate surface area is 122 Å². The minimum atomic E-state index is -0.618. The lowest BCUT2D eigenvalue weighted by atomic mass is 10.0. The lowest BCUT2D eigenvalue weighted by molar-refractivity contribution is -0.114. The van der Waals surface area contributed by atoms with Crippen molar-refractivity contribution in [3.05, 3.63) is 29.1 Å². The molecule has 1 amide bonds. The third-order valence-corrected chi connectivity index (χ3v) is 3.88. The second-order valence-electron chi connectivity index (χ2n) is 5.28. The van der Waals surface area contributed by atoms with E-state index in [9.17, 15) is 14.0 Å². The van der Waals surface area contributed by atoms with Gasteiger partial charge in [0, 0.05) is 12.4 Å². The van der Waals surface area contributed by atoms with Crippen LogP contribution in [0.3, 0.4) is 0 Å². The number of anilines is 1. The smallest absolute Gasteiger partial charge is 0.299 e. The van der Waals surface area contributed by atoms with Crippen LogP contribution in [0.15, 0.2) is 12.1 Å². The van der Waals surface area contributed by atoms with Gasteiger partial charge in [-0.15, -0.1) is 11.6 Å². The summed E-state index contributed by atoms with van der Waals surface area (Å²) in [6.45, 7) is 4.23. The van der Waals surface area contributed by atoms with Crippen LogP contribution in [0.1, 0.15) is 35.7 Å². The van der Waals surface area contributed by atoms with E-state index in [-0.39, 0.29) is 5.56 Å². The number of alkyl halides is 1. The van der Waals surface area contributed by atoms with Crippen molar-refractivity contribution >= 4 is 29.0 Å². The zero-order valence-corrected chi connectivity index (χ0v) is 12.3. The first-order valence-electron chi connectivity index (χ1n) is 6.68. The molecule has 0 radical (unpaired) electrons. The molecule has 1 aromatic carbocycles. The molecule has 1 unspecified atom stereocenters. The van der Waals surface area contributed by atoms with E-state index in [1.54, 1.807) is 6.92 Å². The van der Waals surface area contributed by atoms with Gasteiger partial charge >= 0.3 is 0 Å². The van der Waals surface area contributed by atoms with Crippen LogP contribution in [0.25, 0.3) is 0 Å². The third kappa shape index (κ3) is 2.70. The van der Waals surface area contributed by atoms with Gasteiger partial charge in [0.25, 0.3) is 11.7 Å². The number of Topliss-reactive ketones (excluding diaryl/α,β-unsaturated/α-hetero) is 1. The lowest BCUT2D eigenvalue weighted by Crippen LogP contribution is -2.31. The monoisotopic (exact) mass is 297 g/mol. The Kier molecular flexibility index (Phi) is 4.43. The highest BCUT2D eigenvalue weighted by molar-refractivity contribution is 6.52. The number of aryl methyl sites for hydroxylation is 1. The molecule has 1 aliphatic rings. The summed E-state index contributed by atoms with van der Waals surface area (Å²) in [6.07, 6.45) is 1.63. The molecule has 1 atom stereocenters. The minimum Gasteiger partial charge on any atom is -0.304 e. The van der Waals surface area contributed by atoms with Gasteiger partial charge in [0.15, 0.2) is 0 Å². The fraction of sp³-hybridized carbons (Fsp3) is 0.467.